The van der Waals surface area contributed by atoms with Crippen molar-refractivity contribution in [2.45, 2.75) is 18.8 Å². The van der Waals surface area contributed by atoms with Crippen molar-refractivity contribution in [3.63, 3.8) is 0 Å². The average molecular weight is 553 g/mol. The molecule has 1 saturated heterocycles. The number of methoxy groups -OCH3 is 2. The quantitative estimate of drug-likeness (QED) is 0.162. The first-order valence-corrected chi connectivity index (χ1v) is 10.6. The number of carbonyl (C=O) groups excluding carboxylic acids is 3. The molecule has 11 heteroatoms. The molecule has 1 unspecified atom stereocenters. The van der Waals surface area contributed by atoms with Crippen LogP contribution in [0.1, 0.15) is 16.8 Å². The second-order valence-corrected chi connectivity index (χ2v) is 8.17. The van der Waals surface area contributed by atoms with Gasteiger partial charge in [0.25, 0.3) is 17.5 Å². The van der Waals surface area contributed by atoms with Gasteiger partial charge in [0, 0.05) is 35.5 Å². The fraction of sp³-hybridized carbons (Fsp3) is 0.286. The molecule has 0 N–H and O–H groups in total. The van der Waals surface area contributed by atoms with Gasteiger partial charge >= 0.3 is 0 Å². The summed E-state index contributed by atoms with van der Waals surface area (Å²) in [5, 5.41) is 10.9. The van der Waals surface area contributed by atoms with E-state index in [2.05, 4.69) is 22.6 Å². The summed E-state index contributed by atoms with van der Waals surface area (Å²) in [6.45, 7) is -0.118. The van der Waals surface area contributed by atoms with Crippen molar-refractivity contribution in [3.05, 3.63) is 67.8 Å². The van der Waals surface area contributed by atoms with Crippen LogP contribution in [-0.2, 0) is 19.1 Å². The molecule has 0 spiro atoms. The minimum atomic E-state index is -1.07. The lowest BCUT2D eigenvalue weighted by molar-refractivity contribution is -0.384. The van der Waals surface area contributed by atoms with Crippen LogP contribution in [0.5, 0.6) is 0 Å². The minimum absolute atomic E-state index is 0.118. The van der Waals surface area contributed by atoms with Crippen LogP contribution in [-0.4, -0.2) is 60.6 Å². The van der Waals surface area contributed by atoms with Gasteiger partial charge < -0.3 is 14.4 Å². The molecule has 2 aromatic carbocycles. The van der Waals surface area contributed by atoms with Crippen molar-refractivity contribution in [2.75, 3.05) is 25.7 Å². The minimum Gasteiger partial charge on any atom is -0.354 e. The molecule has 168 valence electrons. The first-order chi connectivity index (χ1) is 15.3. The van der Waals surface area contributed by atoms with E-state index in [-0.39, 0.29) is 24.2 Å². The number of hydrogen-bond donors (Lipinski definition) is 0. The zero-order valence-electron chi connectivity index (χ0n) is 17.3. The predicted octanol–water partition coefficient (Wildman–Crippen LogP) is 2.59. The first-order valence-electron chi connectivity index (χ1n) is 9.50. The third-order valence-electron chi connectivity index (χ3n) is 5.04. The number of halogens is 1. The number of amides is 3. The molecule has 1 aliphatic rings. The largest absolute Gasteiger partial charge is 0.354 e. The third-order valence-corrected chi connectivity index (χ3v) is 5.76. The van der Waals surface area contributed by atoms with E-state index in [1.807, 2.05) is 0 Å². The van der Waals surface area contributed by atoms with E-state index in [0.717, 1.165) is 8.47 Å². The van der Waals surface area contributed by atoms with Crippen LogP contribution in [0.15, 0.2) is 48.5 Å². The van der Waals surface area contributed by atoms with Gasteiger partial charge in [0.2, 0.25) is 5.91 Å². The average Bonchev–Trinajstić information content (AvgIpc) is 3.08. The van der Waals surface area contributed by atoms with E-state index >= 15 is 0 Å². The van der Waals surface area contributed by atoms with Crippen LogP contribution < -0.4 is 4.90 Å². The number of benzene rings is 2. The molecule has 2 aromatic rings. The summed E-state index contributed by atoms with van der Waals surface area (Å²) < 4.78 is 11.3. The zero-order chi connectivity index (χ0) is 23.4. The Kier molecular flexibility index (Phi) is 7.53. The summed E-state index contributed by atoms with van der Waals surface area (Å²) >= 11 is 2.12. The van der Waals surface area contributed by atoms with Crippen molar-refractivity contribution in [3.8, 4) is 0 Å². The number of carbonyl (C=O) groups is 3. The molecule has 0 bridgehead atoms. The van der Waals surface area contributed by atoms with E-state index < -0.39 is 35.0 Å². The molecule has 10 nitrogen and oxygen atoms in total. The lowest BCUT2D eigenvalue weighted by Gasteiger charge is -2.30. The number of anilines is 1. The Labute approximate surface area is 197 Å². The fourth-order valence-electron chi connectivity index (χ4n) is 3.37. The highest BCUT2D eigenvalue weighted by atomic mass is 127. The Morgan fingerprint density at radius 3 is 2.28 bits per heavy atom. The van der Waals surface area contributed by atoms with E-state index in [1.54, 1.807) is 24.3 Å². The third kappa shape index (κ3) is 4.95. The predicted molar refractivity (Wildman–Crippen MR) is 122 cm³/mol. The number of nitro benzene ring substituents is 1. The number of nitro groups is 1. The Morgan fingerprint density at radius 1 is 1.16 bits per heavy atom. The Bertz CT molecular complexity index is 1020. The molecule has 0 aromatic heterocycles. The summed E-state index contributed by atoms with van der Waals surface area (Å²) in [6, 6.07) is 10.8. The number of ether oxygens (including phenoxy) is 2. The fourth-order valence-corrected chi connectivity index (χ4v) is 3.73. The van der Waals surface area contributed by atoms with Crippen molar-refractivity contribution in [1.29, 1.82) is 0 Å². The summed E-state index contributed by atoms with van der Waals surface area (Å²) in [6.07, 6.45) is -1.05. The number of hydrogen-bond acceptors (Lipinski definition) is 7. The monoisotopic (exact) mass is 553 g/mol. The molecular weight excluding hydrogens is 533 g/mol. The molecule has 3 amide bonds. The summed E-state index contributed by atoms with van der Waals surface area (Å²) in [5.74, 6) is -1.55. The van der Waals surface area contributed by atoms with Crippen molar-refractivity contribution < 1.29 is 28.8 Å². The maximum atomic E-state index is 13.3. The van der Waals surface area contributed by atoms with Crippen molar-refractivity contribution in [2.24, 2.45) is 0 Å². The zero-order valence-corrected chi connectivity index (χ0v) is 19.4. The van der Waals surface area contributed by atoms with Gasteiger partial charge in [0.15, 0.2) is 6.29 Å². The number of nitrogens with zero attached hydrogens (tertiary/aromatic N) is 3. The summed E-state index contributed by atoms with van der Waals surface area (Å²) in [7, 11) is 2.78. The Morgan fingerprint density at radius 2 is 1.75 bits per heavy atom. The molecular formula is C21H20IN3O7. The van der Waals surface area contributed by atoms with Gasteiger partial charge in [-0.05, 0) is 59.0 Å². The van der Waals surface area contributed by atoms with E-state index in [4.69, 9.17) is 9.47 Å². The second kappa shape index (κ2) is 10.1. The highest BCUT2D eigenvalue weighted by molar-refractivity contribution is 14.1. The van der Waals surface area contributed by atoms with Crippen LogP contribution in [0.2, 0.25) is 0 Å². The topological polar surface area (TPSA) is 119 Å². The van der Waals surface area contributed by atoms with Crippen LogP contribution in [0.4, 0.5) is 11.4 Å². The van der Waals surface area contributed by atoms with Gasteiger partial charge in [-0.1, -0.05) is 0 Å². The molecule has 0 aliphatic carbocycles. The lowest BCUT2D eigenvalue weighted by Crippen LogP contribution is -2.49. The van der Waals surface area contributed by atoms with Gasteiger partial charge in [-0.3, -0.25) is 24.5 Å². The maximum absolute atomic E-state index is 13.3. The second-order valence-electron chi connectivity index (χ2n) is 6.93. The van der Waals surface area contributed by atoms with E-state index in [9.17, 15) is 24.5 Å². The van der Waals surface area contributed by atoms with Gasteiger partial charge in [-0.2, -0.15) is 0 Å². The van der Waals surface area contributed by atoms with Crippen LogP contribution in [0.3, 0.4) is 0 Å². The molecule has 1 aliphatic heterocycles. The normalized spacial score (nSPS) is 16.0. The van der Waals surface area contributed by atoms with Crippen LogP contribution in [0.25, 0.3) is 0 Å². The standard InChI is InChI=1S/C21H20IN3O7/c1-31-19(32-2)12-23(20(27)13-3-7-16(8-4-13)25(29)30)17-11-18(26)24(21(17)28)15-9-5-14(22)6-10-15/h3-10,17,19H,11-12H2,1-2H3. The van der Waals surface area contributed by atoms with E-state index in [0.29, 0.717) is 5.69 Å². The van der Waals surface area contributed by atoms with Gasteiger partial charge in [-0.25, -0.2) is 4.90 Å². The molecule has 0 saturated carbocycles. The van der Waals surface area contributed by atoms with E-state index in [1.165, 1.54) is 43.4 Å². The molecule has 1 atom stereocenters. The molecule has 3 rings (SSSR count). The van der Waals surface area contributed by atoms with Crippen LogP contribution >= 0.6 is 22.6 Å². The Hall–Kier alpha value is -2.90. The number of imide groups is 1. The first kappa shape index (κ1) is 23.8. The number of rotatable bonds is 8. The van der Waals surface area contributed by atoms with Gasteiger partial charge in [0.05, 0.1) is 23.6 Å². The molecule has 0 radical (unpaired) electrons. The summed E-state index contributed by atoms with van der Waals surface area (Å²) in [4.78, 5) is 51.8. The lowest BCUT2D eigenvalue weighted by atomic mass is 10.1. The highest BCUT2D eigenvalue weighted by Gasteiger charge is 2.45. The van der Waals surface area contributed by atoms with Crippen LogP contribution in [0, 0.1) is 13.7 Å². The van der Waals surface area contributed by atoms with Crippen molar-refractivity contribution >= 4 is 51.7 Å². The highest BCUT2D eigenvalue weighted by Crippen LogP contribution is 2.28. The molecule has 1 fully saturated rings. The van der Waals surface area contributed by atoms with Gasteiger partial charge in [0.1, 0.15) is 6.04 Å². The SMILES string of the molecule is COC(CN(C(=O)c1ccc([N+](=O)[O-])cc1)C1CC(=O)N(c2ccc(I)cc2)C1=O)OC. The van der Waals surface area contributed by atoms with Crippen molar-refractivity contribution in [1.82, 2.24) is 4.90 Å². The smallest absolute Gasteiger partial charge is 0.269 e. The number of non-ortho nitro benzene ring substituents is 1. The Balaban J connectivity index is 1.93. The maximum Gasteiger partial charge on any atom is 0.269 e. The van der Waals surface area contributed by atoms with Gasteiger partial charge in [-0.15, -0.1) is 0 Å². The molecule has 32 heavy (non-hydrogen) atoms. The molecule has 1 heterocycles. The summed E-state index contributed by atoms with van der Waals surface area (Å²) in [5.41, 5.74) is 0.381.